The van der Waals surface area contributed by atoms with Crippen LogP contribution in [-0.2, 0) is 25.7 Å². The third-order valence-corrected chi connectivity index (χ3v) is 4.69. The van der Waals surface area contributed by atoms with E-state index in [1.54, 1.807) is 6.07 Å². The van der Waals surface area contributed by atoms with Gasteiger partial charge in [-0.25, -0.2) is 0 Å². The molecule has 4 rings (SSSR count). The number of hydrogen-bond donors (Lipinski definition) is 3. The van der Waals surface area contributed by atoms with Gasteiger partial charge in [-0.15, -0.1) is 0 Å². The summed E-state index contributed by atoms with van der Waals surface area (Å²) in [5.41, 5.74) is 4.35. The minimum atomic E-state index is -0.281. The van der Waals surface area contributed by atoms with Gasteiger partial charge in [-0.05, 0) is 49.3 Å². The van der Waals surface area contributed by atoms with Crippen LogP contribution in [0.5, 0.6) is 0 Å². The summed E-state index contributed by atoms with van der Waals surface area (Å²) in [6.07, 6.45) is 7.24. The van der Waals surface area contributed by atoms with E-state index in [4.69, 9.17) is 0 Å². The highest BCUT2D eigenvalue weighted by atomic mass is 16.2. The maximum absolute atomic E-state index is 12.4. The highest BCUT2D eigenvalue weighted by Crippen LogP contribution is 2.20. The van der Waals surface area contributed by atoms with E-state index in [-0.39, 0.29) is 23.1 Å². The zero-order chi connectivity index (χ0) is 15.1. The van der Waals surface area contributed by atoms with Gasteiger partial charge in [-0.2, -0.15) is 5.10 Å². The van der Waals surface area contributed by atoms with Crippen LogP contribution in [0.25, 0.3) is 0 Å². The van der Waals surface area contributed by atoms with Gasteiger partial charge >= 0.3 is 0 Å². The van der Waals surface area contributed by atoms with Gasteiger partial charge in [0.15, 0.2) is 0 Å². The molecule has 0 aliphatic heterocycles. The number of H-pyrrole nitrogens is 2. The number of aromatic nitrogens is 3. The van der Waals surface area contributed by atoms with Crippen LogP contribution in [0.15, 0.2) is 17.1 Å². The van der Waals surface area contributed by atoms with Gasteiger partial charge in [0.25, 0.3) is 11.5 Å². The van der Waals surface area contributed by atoms with E-state index in [0.29, 0.717) is 0 Å². The Kier molecular flexibility index (Phi) is 3.10. The van der Waals surface area contributed by atoms with E-state index in [1.165, 1.54) is 5.56 Å². The molecule has 2 aliphatic carbocycles. The highest BCUT2D eigenvalue weighted by molar-refractivity contribution is 5.94. The van der Waals surface area contributed by atoms with Crippen LogP contribution in [0.4, 0.5) is 0 Å². The maximum atomic E-state index is 12.4. The molecule has 0 bridgehead atoms. The van der Waals surface area contributed by atoms with E-state index >= 15 is 0 Å². The van der Waals surface area contributed by atoms with Gasteiger partial charge in [0, 0.05) is 23.9 Å². The first-order valence-corrected chi connectivity index (χ1v) is 7.78. The van der Waals surface area contributed by atoms with Crippen LogP contribution < -0.4 is 10.9 Å². The van der Waals surface area contributed by atoms with Crippen molar-refractivity contribution in [2.45, 2.75) is 44.6 Å². The van der Waals surface area contributed by atoms with Crippen molar-refractivity contribution in [3.63, 3.8) is 0 Å². The van der Waals surface area contributed by atoms with E-state index in [2.05, 4.69) is 20.5 Å². The van der Waals surface area contributed by atoms with Gasteiger partial charge in [-0.1, -0.05) is 0 Å². The molecule has 0 aromatic carbocycles. The minimum Gasteiger partial charge on any atom is -0.349 e. The number of pyridine rings is 1. The molecular formula is C16H18N4O2. The average molecular weight is 298 g/mol. The second-order valence-electron chi connectivity index (χ2n) is 6.16. The lowest BCUT2D eigenvalue weighted by Gasteiger charge is -2.22. The van der Waals surface area contributed by atoms with Crippen molar-refractivity contribution in [3.05, 3.63) is 50.7 Å². The molecule has 2 aromatic rings. The Morgan fingerprint density at radius 3 is 3.05 bits per heavy atom. The maximum Gasteiger partial charge on any atom is 0.261 e. The second kappa shape index (κ2) is 5.12. The summed E-state index contributed by atoms with van der Waals surface area (Å²) in [4.78, 5) is 27.4. The quantitative estimate of drug-likeness (QED) is 0.768. The molecule has 0 radical (unpaired) electrons. The fourth-order valence-corrected chi connectivity index (χ4v) is 3.48. The van der Waals surface area contributed by atoms with Crippen LogP contribution >= 0.6 is 0 Å². The van der Waals surface area contributed by atoms with Crippen LogP contribution in [0.3, 0.4) is 0 Å². The number of fused-ring (bicyclic) bond motifs is 2. The largest absolute Gasteiger partial charge is 0.349 e. The van der Waals surface area contributed by atoms with Crippen molar-refractivity contribution in [2.24, 2.45) is 0 Å². The summed E-state index contributed by atoms with van der Waals surface area (Å²) >= 11 is 0. The molecule has 6 heteroatoms. The van der Waals surface area contributed by atoms with Crippen molar-refractivity contribution in [1.29, 1.82) is 0 Å². The number of carbonyl (C=O) groups excluding carboxylic acids is 1. The molecule has 0 saturated heterocycles. The summed E-state index contributed by atoms with van der Waals surface area (Å²) in [5, 5.41) is 10.0. The summed E-state index contributed by atoms with van der Waals surface area (Å²) in [6, 6.07) is 1.81. The Labute approximate surface area is 127 Å². The predicted molar refractivity (Wildman–Crippen MR) is 81.0 cm³/mol. The van der Waals surface area contributed by atoms with Crippen LogP contribution in [-0.4, -0.2) is 27.1 Å². The molecule has 3 N–H and O–H groups in total. The van der Waals surface area contributed by atoms with Crippen molar-refractivity contribution in [3.8, 4) is 0 Å². The Morgan fingerprint density at radius 2 is 2.14 bits per heavy atom. The topological polar surface area (TPSA) is 90.6 Å². The smallest absolute Gasteiger partial charge is 0.261 e. The van der Waals surface area contributed by atoms with Crippen LogP contribution in [0.1, 0.15) is 45.7 Å². The Bertz CT molecular complexity index is 790. The molecule has 6 nitrogen and oxygen atoms in total. The van der Waals surface area contributed by atoms with Gasteiger partial charge in [-0.3, -0.25) is 14.7 Å². The lowest BCUT2D eigenvalue weighted by Crippen LogP contribution is -2.41. The summed E-state index contributed by atoms with van der Waals surface area (Å²) in [7, 11) is 0. The molecule has 0 spiro atoms. The van der Waals surface area contributed by atoms with Crippen LogP contribution in [0, 0.1) is 0 Å². The Hall–Kier alpha value is -2.37. The molecule has 0 unspecified atom stereocenters. The molecule has 2 aliphatic rings. The number of carbonyl (C=O) groups is 1. The third kappa shape index (κ3) is 2.24. The number of aromatic amines is 2. The molecule has 2 heterocycles. The zero-order valence-electron chi connectivity index (χ0n) is 12.2. The molecule has 1 amide bonds. The van der Waals surface area contributed by atoms with Crippen LogP contribution in [0.2, 0.25) is 0 Å². The fraction of sp³-hybridized carbons (Fsp3) is 0.438. The van der Waals surface area contributed by atoms with Gasteiger partial charge < -0.3 is 10.3 Å². The van der Waals surface area contributed by atoms with E-state index < -0.39 is 0 Å². The summed E-state index contributed by atoms with van der Waals surface area (Å²) in [6.45, 7) is 0. The van der Waals surface area contributed by atoms with Gasteiger partial charge in [0.2, 0.25) is 0 Å². The minimum absolute atomic E-state index is 0.0492. The Morgan fingerprint density at radius 1 is 1.23 bits per heavy atom. The summed E-state index contributed by atoms with van der Waals surface area (Å²) < 4.78 is 0. The van der Waals surface area contributed by atoms with Crippen molar-refractivity contribution in [2.75, 3.05) is 0 Å². The number of nitrogens with zero attached hydrogens (tertiary/aromatic N) is 1. The highest BCUT2D eigenvalue weighted by Gasteiger charge is 2.24. The molecule has 22 heavy (non-hydrogen) atoms. The number of hydrogen-bond acceptors (Lipinski definition) is 3. The van der Waals surface area contributed by atoms with Gasteiger partial charge in [0.05, 0.1) is 6.20 Å². The van der Waals surface area contributed by atoms with Crippen molar-refractivity contribution in [1.82, 2.24) is 20.5 Å². The van der Waals surface area contributed by atoms with E-state index in [0.717, 1.165) is 55.5 Å². The summed E-state index contributed by atoms with van der Waals surface area (Å²) in [5.74, 6) is -0.274. The molecule has 114 valence electrons. The lowest BCUT2D eigenvalue weighted by molar-refractivity contribution is 0.0932. The molecule has 0 saturated carbocycles. The SMILES string of the molecule is O=C(N[C@@H]1CCc2cn[nH]c2C1)c1cc2c([nH]c1=O)CCC2. The predicted octanol–water partition coefficient (Wildman–Crippen LogP) is 0.874. The normalized spacial score (nSPS) is 19.5. The first kappa shape index (κ1) is 13.3. The Balaban J connectivity index is 1.52. The second-order valence-corrected chi connectivity index (χ2v) is 6.16. The first-order chi connectivity index (χ1) is 10.7. The third-order valence-electron chi connectivity index (χ3n) is 4.69. The lowest BCUT2D eigenvalue weighted by atomic mass is 9.93. The van der Waals surface area contributed by atoms with Gasteiger partial charge in [0.1, 0.15) is 5.56 Å². The molecular weight excluding hydrogens is 280 g/mol. The number of aryl methyl sites for hydroxylation is 3. The molecule has 1 atom stereocenters. The molecule has 2 aromatic heterocycles. The fourth-order valence-electron chi connectivity index (χ4n) is 3.48. The van der Waals surface area contributed by atoms with E-state index in [1.807, 2.05) is 6.20 Å². The number of rotatable bonds is 2. The van der Waals surface area contributed by atoms with E-state index in [9.17, 15) is 9.59 Å². The van der Waals surface area contributed by atoms with Crippen molar-refractivity contribution < 1.29 is 4.79 Å². The number of amides is 1. The first-order valence-electron chi connectivity index (χ1n) is 7.78. The standard InChI is InChI=1S/C16H18N4O2/c21-15(12-6-9-2-1-3-13(9)19-16(12)22)18-11-5-4-10-8-17-20-14(10)7-11/h6,8,11H,1-5,7H2,(H,17,20)(H,18,21)(H,19,22)/t11-/m1/s1. The molecule has 0 fully saturated rings. The van der Waals surface area contributed by atoms with Crippen molar-refractivity contribution >= 4 is 5.91 Å². The monoisotopic (exact) mass is 298 g/mol. The average Bonchev–Trinajstić information content (AvgIpc) is 3.13. The number of nitrogens with one attached hydrogen (secondary N) is 3. The zero-order valence-corrected chi connectivity index (χ0v) is 12.2.